The Balaban J connectivity index is 2.25. The summed E-state index contributed by atoms with van der Waals surface area (Å²) in [5.41, 5.74) is 0.960. The molecule has 0 amide bonds. The third-order valence-corrected chi connectivity index (χ3v) is 4.15. The van der Waals surface area contributed by atoms with Crippen molar-refractivity contribution < 1.29 is 4.74 Å². The Bertz CT molecular complexity index is 564. The van der Waals surface area contributed by atoms with Gasteiger partial charge < -0.3 is 4.74 Å². The molecule has 0 spiro atoms. The van der Waals surface area contributed by atoms with Crippen LogP contribution in [0.3, 0.4) is 0 Å². The number of ether oxygens (including phenoxy) is 1. The molecule has 0 saturated heterocycles. The minimum absolute atomic E-state index is 0.222. The Hall–Kier alpha value is -0.360. The fourth-order valence-electron chi connectivity index (χ4n) is 1.15. The van der Waals surface area contributed by atoms with Gasteiger partial charge >= 0.3 is 6.01 Å². The number of benzene rings is 1. The van der Waals surface area contributed by atoms with Crippen LogP contribution in [0.2, 0.25) is 10.0 Å². The van der Waals surface area contributed by atoms with E-state index in [1.165, 1.54) is 0 Å². The van der Waals surface area contributed by atoms with Crippen LogP contribution in [0.4, 0.5) is 0 Å². The molecular weight excluding hydrogens is 407 g/mol. The van der Waals surface area contributed by atoms with Crippen LogP contribution in [-0.2, 0) is 5.33 Å². The van der Waals surface area contributed by atoms with Crippen molar-refractivity contribution in [2.75, 3.05) is 0 Å². The molecule has 0 atom stereocenters. The van der Waals surface area contributed by atoms with Crippen molar-refractivity contribution in [2.45, 2.75) is 5.33 Å². The van der Waals surface area contributed by atoms with E-state index in [9.17, 15) is 0 Å². The second-order valence-corrected chi connectivity index (χ2v) is 5.54. The summed E-state index contributed by atoms with van der Waals surface area (Å²) in [5.74, 6) is 0.413. The first kappa shape index (κ1) is 14.1. The first-order chi connectivity index (χ1) is 8.60. The number of nitrogens with zero attached hydrogens (tertiary/aromatic N) is 2. The van der Waals surface area contributed by atoms with Crippen molar-refractivity contribution in [1.82, 2.24) is 9.97 Å². The van der Waals surface area contributed by atoms with Gasteiger partial charge in [-0.05, 0) is 27.6 Å². The SMILES string of the molecule is Clc1cc(Oc2ncc(CBr)cn2)c(Cl)cc1Br. The van der Waals surface area contributed by atoms with Crippen molar-refractivity contribution >= 4 is 55.1 Å². The summed E-state index contributed by atoms with van der Waals surface area (Å²) in [5, 5.41) is 1.63. The topological polar surface area (TPSA) is 35.0 Å². The highest BCUT2D eigenvalue weighted by molar-refractivity contribution is 9.10. The van der Waals surface area contributed by atoms with E-state index in [0.29, 0.717) is 25.6 Å². The lowest BCUT2D eigenvalue weighted by Gasteiger charge is -2.07. The van der Waals surface area contributed by atoms with Crippen LogP contribution in [0.5, 0.6) is 11.8 Å². The number of alkyl halides is 1. The van der Waals surface area contributed by atoms with Gasteiger partial charge in [0.2, 0.25) is 0 Å². The normalized spacial score (nSPS) is 10.4. The van der Waals surface area contributed by atoms with E-state index in [0.717, 1.165) is 5.56 Å². The first-order valence-electron chi connectivity index (χ1n) is 4.79. The lowest BCUT2D eigenvalue weighted by Crippen LogP contribution is -1.93. The molecule has 1 heterocycles. The summed E-state index contributed by atoms with van der Waals surface area (Å²) >= 11 is 18.6. The maximum atomic E-state index is 6.03. The van der Waals surface area contributed by atoms with E-state index < -0.39 is 0 Å². The van der Waals surface area contributed by atoms with E-state index in [2.05, 4.69) is 41.8 Å². The van der Waals surface area contributed by atoms with Crippen LogP contribution in [0.1, 0.15) is 5.56 Å². The fraction of sp³-hybridized carbons (Fsp3) is 0.0909. The van der Waals surface area contributed by atoms with E-state index in [1.807, 2.05) is 0 Å². The Kier molecular flexibility index (Phi) is 4.84. The summed E-state index contributed by atoms with van der Waals surface area (Å²) in [7, 11) is 0. The van der Waals surface area contributed by atoms with Gasteiger partial charge in [0, 0.05) is 28.3 Å². The minimum atomic E-state index is 0.222. The molecule has 0 saturated carbocycles. The summed E-state index contributed by atoms with van der Waals surface area (Å²) in [4.78, 5) is 8.12. The van der Waals surface area contributed by atoms with E-state index in [4.69, 9.17) is 27.9 Å². The Morgan fingerprint density at radius 2 is 1.78 bits per heavy atom. The molecule has 1 aromatic carbocycles. The van der Waals surface area contributed by atoms with Crippen molar-refractivity contribution in [3.8, 4) is 11.8 Å². The van der Waals surface area contributed by atoms with Gasteiger partial charge in [-0.3, -0.25) is 0 Å². The number of rotatable bonds is 3. The summed E-state index contributed by atoms with van der Waals surface area (Å²) in [6.45, 7) is 0. The van der Waals surface area contributed by atoms with Crippen LogP contribution in [0.15, 0.2) is 29.0 Å². The van der Waals surface area contributed by atoms with Gasteiger partial charge in [-0.1, -0.05) is 39.1 Å². The predicted octanol–water partition coefficient (Wildman–Crippen LogP) is 5.23. The zero-order valence-electron chi connectivity index (χ0n) is 8.83. The molecule has 94 valence electrons. The standard InChI is InChI=1S/C11H6Br2Cl2N2O/c12-3-6-4-16-11(17-5-6)18-10-2-8(14)7(13)1-9(10)15/h1-2,4-5H,3H2. The van der Waals surface area contributed by atoms with E-state index in [1.54, 1.807) is 24.5 Å². The lowest BCUT2D eigenvalue weighted by atomic mass is 10.3. The lowest BCUT2D eigenvalue weighted by molar-refractivity contribution is 0.441. The molecule has 18 heavy (non-hydrogen) atoms. The van der Waals surface area contributed by atoms with Gasteiger partial charge in [0.05, 0.1) is 10.0 Å². The van der Waals surface area contributed by atoms with E-state index >= 15 is 0 Å². The van der Waals surface area contributed by atoms with Crippen LogP contribution < -0.4 is 4.74 Å². The molecule has 0 radical (unpaired) electrons. The summed E-state index contributed by atoms with van der Waals surface area (Å²) < 4.78 is 6.18. The van der Waals surface area contributed by atoms with Gasteiger partial charge in [0.15, 0.2) is 5.75 Å². The summed E-state index contributed by atoms with van der Waals surface area (Å²) in [6.07, 6.45) is 3.34. The van der Waals surface area contributed by atoms with Crippen LogP contribution >= 0.6 is 55.1 Å². The Labute approximate surface area is 131 Å². The van der Waals surface area contributed by atoms with Crippen molar-refractivity contribution in [1.29, 1.82) is 0 Å². The highest BCUT2D eigenvalue weighted by Gasteiger charge is 2.09. The average molecular weight is 413 g/mol. The zero-order chi connectivity index (χ0) is 13.1. The van der Waals surface area contributed by atoms with E-state index in [-0.39, 0.29) is 6.01 Å². The predicted molar refractivity (Wildman–Crippen MR) is 78.9 cm³/mol. The van der Waals surface area contributed by atoms with Crippen molar-refractivity contribution in [3.05, 3.63) is 44.6 Å². The Morgan fingerprint density at radius 3 is 2.39 bits per heavy atom. The summed E-state index contributed by atoms with van der Waals surface area (Å²) in [6, 6.07) is 3.49. The molecule has 1 aromatic heterocycles. The molecule has 0 aliphatic rings. The van der Waals surface area contributed by atoms with Crippen LogP contribution in [-0.4, -0.2) is 9.97 Å². The van der Waals surface area contributed by atoms with Crippen LogP contribution in [0.25, 0.3) is 0 Å². The van der Waals surface area contributed by atoms with Gasteiger partial charge in [0.1, 0.15) is 0 Å². The van der Waals surface area contributed by atoms with Gasteiger partial charge in [-0.25, -0.2) is 9.97 Å². The third kappa shape index (κ3) is 3.35. The molecule has 0 N–H and O–H groups in total. The Morgan fingerprint density at radius 1 is 1.11 bits per heavy atom. The second kappa shape index (κ2) is 6.19. The highest BCUT2D eigenvalue weighted by atomic mass is 79.9. The van der Waals surface area contributed by atoms with Gasteiger partial charge in [0.25, 0.3) is 0 Å². The zero-order valence-corrected chi connectivity index (χ0v) is 13.5. The number of halogens is 4. The number of hydrogen-bond donors (Lipinski definition) is 0. The van der Waals surface area contributed by atoms with Gasteiger partial charge in [-0.15, -0.1) is 0 Å². The molecular formula is C11H6Br2Cl2N2O. The number of hydrogen-bond acceptors (Lipinski definition) is 3. The molecule has 0 unspecified atom stereocenters. The maximum Gasteiger partial charge on any atom is 0.321 e. The second-order valence-electron chi connectivity index (χ2n) is 3.31. The number of aromatic nitrogens is 2. The molecule has 2 rings (SSSR count). The van der Waals surface area contributed by atoms with Gasteiger partial charge in [-0.2, -0.15) is 0 Å². The molecule has 2 aromatic rings. The smallest absolute Gasteiger partial charge is 0.321 e. The fourth-order valence-corrected chi connectivity index (χ4v) is 2.27. The molecule has 0 fully saturated rings. The molecule has 7 heteroatoms. The monoisotopic (exact) mass is 410 g/mol. The molecule has 0 bridgehead atoms. The van der Waals surface area contributed by atoms with Crippen molar-refractivity contribution in [3.63, 3.8) is 0 Å². The molecule has 0 aliphatic heterocycles. The molecule has 3 nitrogen and oxygen atoms in total. The molecule has 0 aliphatic carbocycles. The van der Waals surface area contributed by atoms with Crippen molar-refractivity contribution in [2.24, 2.45) is 0 Å². The minimum Gasteiger partial charge on any atom is -0.423 e. The van der Waals surface area contributed by atoms with Crippen LogP contribution in [0, 0.1) is 0 Å². The average Bonchev–Trinajstić information content (AvgIpc) is 2.37. The first-order valence-corrected chi connectivity index (χ1v) is 7.46. The third-order valence-electron chi connectivity index (χ3n) is 2.01. The largest absolute Gasteiger partial charge is 0.423 e. The maximum absolute atomic E-state index is 6.03. The highest BCUT2D eigenvalue weighted by Crippen LogP contribution is 2.35. The quantitative estimate of drug-likeness (QED) is 0.511.